The Hall–Kier alpha value is 0.459. The second kappa shape index (κ2) is 16.1. The minimum Gasteiger partial charge on any atom is -1.00 e. The second-order valence-electron chi connectivity index (χ2n) is 0.238. The molecule has 5 nitrogen and oxygen atoms in total. The van der Waals surface area contributed by atoms with Crippen molar-refractivity contribution in [1.29, 1.82) is 0 Å². The molecule has 0 atom stereocenters. The Morgan fingerprint density at radius 1 is 1.71 bits per heavy atom. The molecule has 0 aliphatic carbocycles. The van der Waals surface area contributed by atoms with E-state index in [-0.39, 0.29) is 48.7 Å². The largest absolute Gasteiger partial charge is 2.00 e. The molecule has 0 unspecified atom stereocenters. The van der Waals surface area contributed by atoms with Gasteiger partial charge in [0, 0.05) is 0 Å². The number of hydrogen-bond donors (Lipinski definition) is 1. The molecule has 0 bridgehead atoms. The predicted molar refractivity (Wildman–Crippen MR) is 30.3 cm³/mol. The zero-order chi connectivity index (χ0) is 3.58. The van der Waals surface area contributed by atoms with Crippen molar-refractivity contribution in [3.8, 4) is 0 Å². The van der Waals surface area contributed by atoms with Gasteiger partial charge in [0.05, 0.1) is 0 Å². The Kier molecular flexibility index (Phi) is 59.8. The van der Waals surface area contributed by atoms with Gasteiger partial charge in [-0.25, -0.2) is 0 Å². The fourth-order valence-corrected chi connectivity index (χ4v) is 0. The van der Waals surface area contributed by atoms with Gasteiger partial charge in [0.2, 0.25) is 0 Å². The monoisotopic (exact) mass is 137 g/mol. The summed E-state index contributed by atoms with van der Waals surface area (Å²) in [7, 11) is 0. The third-order valence-corrected chi connectivity index (χ3v) is 0. The van der Waals surface area contributed by atoms with Crippen molar-refractivity contribution in [1.82, 2.24) is 0 Å². The topological polar surface area (TPSA) is 94.9 Å². The first-order chi connectivity index (χ1) is 1.73. The number of rotatable bonds is 0. The number of nitrogens with zero attached hydrogens (tertiary/aromatic N) is 1. The minimum atomic E-state index is -1.50. The van der Waals surface area contributed by atoms with Crippen LogP contribution < -0.4 is 0 Å². The molecular weight excluding hydrogens is 129 g/mol. The Bertz CT molecular complexity index is 41.5. The summed E-state index contributed by atoms with van der Waals surface area (Å²) >= 11 is 0. The number of hydrogen-bond acceptors (Lipinski definition) is 2. The quantitative estimate of drug-likeness (QED) is 0.227. The first-order valence-corrected chi connectivity index (χ1v) is 0.565. The van der Waals surface area contributed by atoms with E-state index >= 15 is 0 Å². The van der Waals surface area contributed by atoms with Crippen molar-refractivity contribution in [3.63, 3.8) is 0 Å². The van der Waals surface area contributed by atoms with Crippen LogP contribution in [0.25, 0.3) is 0 Å². The van der Waals surface area contributed by atoms with E-state index in [4.69, 9.17) is 15.3 Å². The van der Waals surface area contributed by atoms with Gasteiger partial charge in [0.1, 0.15) is 0 Å². The summed E-state index contributed by atoms with van der Waals surface area (Å²) in [5.74, 6) is 0. The summed E-state index contributed by atoms with van der Waals surface area (Å²) in [4.78, 5) is 8.36. The molecule has 7 heavy (non-hydrogen) atoms. The van der Waals surface area contributed by atoms with Crippen molar-refractivity contribution in [3.05, 3.63) is 10.1 Å². The maximum atomic E-state index is 8.36. The third-order valence-electron chi connectivity index (χ3n) is 0. The molecule has 0 rings (SSSR count). The molecule has 0 amide bonds. The second-order valence-corrected chi connectivity index (χ2v) is 0.238. The Labute approximate surface area is 69.4 Å². The van der Waals surface area contributed by atoms with E-state index in [1.54, 1.807) is 0 Å². The molecule has 0 heterocycles. The van der Waals surface area contributed by atoms with Crippen LogP contribution >= 0.6 is 0 Å². The zero-order valence-corrected chi connectivity index (χ0v) is 4.33. The van der Waals surface area contributed by atoms with Gasteiger partial charge in [-0.2, -0.15) is 0 Å². The maximum absolute atomic E-state index is 8.36. The van der Waals surface area contributed by atoms with Crippen LogP contribution in [0.5, 0.6) is 0 Å². The summed E-state index contributed by atoms with van der Waals surface area (Å²) in [6.45, 7) is 0. The van der Waals surface area contributed by atoms with Crippen LogP contribution in [-0.4, -0.2) is 56.2 Å². The summed E-state index contributed by atoms with van der Waals surface area (Å²) in [6, 6.07) is 0. The summed E-state index contributed by atoms with van der Waals surface area (Å²) < 4.78 is 0. The molecule has 0 aliphatic heterocycles. The van der Waals surface area contributed by atoms with Crippen LogP contribution in [0.3, 0.4) is 0 Å². The average Bonchev–Trinajstić information content (AvgIpc) is 0.811. The molecule has 0 aromatic rings. The average molecular weight is 137 g/mol. The minimum absolute atomic E-state index is 0. The molecule has 0 saturated carbocycles. The van der Waals surface area contributed by atoms with Gasteiger partial charge in [-0.05, 0) is 0 Å². The van der Waals surface area contributed by atoms with E-state index in [1.807, 2.05) is 0 Å². The van der Waals surface area contributed by atoms with Gasteiger partial charge >= 0.3 is 23.1 Å². The van der Waals surface area contributed by atoms with Crippen LogP contribution in [0, 0.1) is 10.1 Å². The first kappa shape index (κ1) is 26.0. The molecule has 0 aromatic carbocycles. The molecular formula is H8AlMgNO4. The van der Waals surface area contributed by atoms with E-state index < -0.39 is 5.09 Å². The van der Waals surface area contributed by atoms with Crippen molar-refractivity contribution in [2.24, 2.45) is 0 Å². The van der Waals surface area contributed by atoms with E-state index in [2.05, 4.69) is 0 Å². The van der Waals surface area contributed by atoms with Crippen LogP contribution in [0.15, 0.2) is 0 Å². The van der Waals surface area contributed by atoms with Gasteiger partial charge in [-0.3, -0.25) is 0 Å². The fourth-order valence-electron chi connectivity index (χ4n) is 0. The molecule has 0 saturated heterocycles. The molecule has 0 radical (unpaired) electrons. The van der Waals surface area contributed by atoms with Crippen molar-refractivity contribution >= 4 is 40.4 Å². The zero-order valence-electron chi connectivity index (χ0n) is 4.92. The SMILES string of the molecule is O.O=[N+]([O-])O.[AlH3].[H-].[H-].[Mg+2]. The summed E-state index contributed by atoms with van der Waals surface area (Å²) in [6.07, 6.45) is 0. The standard InChI is InChI=1S/Al.Mg.HNO3.H2O.5H/c;;2-1(3)4;;;;;;/h;;(H,2,3,4);1H2;;;;;/q;+2;;;;;;2*-1. The molecule has 3 N–H and O–H groups in total. The Balaban J connectivity index is -0.00000000450. The predicted octanol–water partition coefficient (Wildman–Crippen LogP) is -2.51. The van der Waals surface area contributed by atoms with Crippen LogP contribution in [0.1, 0.15) is 2.85 Å². The smallest absolute Gasteiger partial charge is 1.00 e. The Morgan fingerprint density at radius 2 is 1.71 bits per heavy atom. The van der Waals surface area contributed by atoms with E-state index in [0.717, 1.165) is 0 Å². The molecule has 0 aromatic heterocycles. The van der Waals surface area contributed by atoms with E-state index in [1.165, 1.54) is 0 Å². The summed E-state index contributed by atoms with van der Waals surface area (Å²) in [5, 5.41) is 13.6. The maximum Gasteiger partial charge on any atom is 2.00 e. The van der Waals surface area contributed by atoms with Gasteiger partial charge < -0.3 is 13.5 Å². The van der Waals surface area contributed by atoms with Crippen LogP contribution in [0.2, 0.25) is 0 Å². The normalized spacial score (nSPS) is 3.43. The first-order valence-electron chi connectivity index (χ1n) is 0.565. The molecule has 42 valence electrons. The summed E-state index contributed by atoms with van der Waals surface area (Å²) in [5.41, 5.74) is 0. The van der Waals surface area contributed by atoms with Crippen molar-refractivity contribution in [2.45, 2.75) is 0 Å². The van der Waals surface area contributed by atoms with Crippen molar-refractivity contribution < 1.29 is 18.6 Å². The third kappa shape index (κ3) is 610. The van der Waals surface area contributed by atoms with E-state index in [0.29, 0.717) is 0 Å². The van der Waals surface area contributed by atoms with Crippen molar-refractivity contribution in [2.75, 3.05) is 0 Å². The Morgan fingerprint density at radius 3 is 1.71 bits per heavy atom. The van der Waals surface area contributed by atoms with Gasteiger partial charge in [-0.1, -0.05) is 0 Å². The van der Waals surface area contributed by atoms with E-state index in [9.17, 15) is 0 Å². The fraction of sp³-hybridized carbons (Fsp3) is 0. The van der Waals surface area contributed by atoms with Gasteiger partial charge in [0.15, 0.2) is 17.4 Å². The van der Waals surface area contributed by atoms with Crippen LogP contribution in [0.4, 0.5) is 0 Å². The van der Waals surface area contributed by atoms with Gasteiger partial charge in [0.25, 0.3) is 5.09 Å². The molecule has 0 spiro atoms. The van der Waals surface area contributed by atoms with Crippen LogP contribution in [-0.2, 0) is 0 Å². The van der Waals surface area contributed by atoms with Gasteiger partial charge in [-0.15, -0.1) is 10.1 Å². The molecule has 7 heteroatoms. The molecule has 0 fully saturated rings. The molecule has 0 aliphatic rings.